The summed E-state index contributed by atoms with van der Waals surface area (Å²) >= 11 is 5.18. The van der Waals surface area contributed by atoms with E-state index in [0.29, 0.717) is 0 Å². The number of hydrogen-bond acceptors (Lipinski definition) is 2. The molecule has 0 unspecified atom stereocenters. The zero-order chi connectivity index (χ0) is 12.1. The van der Waals surface area contributed by atoms with Crippen LogP contribution in [-0.2, 0) is 13.0 Å². The third-order valence-electron chi connectivity index (χ3n) is 2.43. The van der Waals surface area contributed by atoms with Gasteiger partial charge in [0, 0.05) is 11.4 Å². The molecule has 1 nitrogen and oxygen atoms in total. The highest BCUT2D eigenvalue weighted by Crippen LogP contribution is 2.21. The molecule has 17 heavy (non-hydrogen) atoms. The molecule has 0 aliphatic heterocycles. The van der Waals surface area contributed by atoms with E-state index in [1.807, 2.05) is 12.1 Å². The largest absolute Gasteiger partial charge is 0.312 e. The Bertz CT molecular complexity index is 467. The van der Waals surface area contributed by atoms with E-state index in [9.17, 15) is 4.39 Å². The summed E-state index contributed by atoms with van der Waals surface area (Å²) in [6, 6.07) is 10.8. The van der Waals surface area contributed by atoms with Crippen molar-refractivity contribution in [2.75, 3.05) is 6.54 Å². The smallest absolute Gasteiger partial charge is 0.123 e. The van der Waals surface area contributed by atoms with Crippen LogP contribution in [-0.4, -0.2) is 6.54 Å². The summed E-state index contributed by atoms with van der Waals surface area (Å²) in [5, 5.41) is 3.37. The highest BCUT2D eigenvalue weighted by Gasteiger charge is 1.97. The van der Waals surface area contributed by atoms with Crippen molar-refractivity contribution in [3.8, 4) is 0 Å². The van der Waals surface area contributed by atoms with E-state index in [1.54, 1.807) is 11.3 Å². The maximum absolute atomic E-state index is 12.7. The second-order valence-corrected chi connectivity index (χ2v) is 6.31. The standard InChI is InChI=1S/C13H13BrFNS/c14-13-6-5-12(17-13)9-16-8-7-10-1-3-11(15)4-2-10/h1-6,16H,7-9H2. The summed E-state index contributed by atoms with van der Waals surface area (Å²) in [6.07, 6.45) is 0.923. The van der Waals surface area contributed by atoms with Crippen LogP contribution < -0.4 is 5.32 Å². The Balaban J connectivity index is 1.71. The van der Waals surface area contributed by atoms with Gasteiger partial charge in [0.2, 0.25) is 0 Å². The number of rotatable bonds is 5. The summed E-state index contributed by atoms with van der Waals surface area (Å²) in [5.41, 5.74) is 1.16. The van der Waals surface area contributed by atoms with Crippen molar-refractivity contribution >= 4 is 27.3 Å². The van der Waals surface area contributed by atoms with Crippen LogP contribution in [0.5, 0.6) is 0 Å². The van der Waals surface area contributed by atoms with Gasteiger partial charge in [-0.1, -0.05) is 12.1 Å². The minimum absolute atomic E-state index is 0.176. The SMILES string of the molecule is Fc1ccc(CCNCc2ccc(Br)s2)cc1. The molecule has 1 aromatic heterocycles. The van der Waals surface area contributed by atoms with Gasteiger partial charge in [-0.3, -0.25) is 0 Å². The van der Waals surface area contributed by atoms with Crippen molar-refractivity contribution in [1.82, 2.24) is 5.32 Å². The minimum atomic E-state index is -0.176. The second-order valence-electron chi connectivity index (χ2n) is 3.76. The van der Waals surface area contributed by atoms with E-state index < -0.39 is 0 Å². The van der Waals surface area contributed by atoms with Gasteiger partial charge in [-0.15, -0.1) is 11.3 Å². The van der Waals surface area contributed by atoms with Crippen LogP contribution in [0.1, 0.15) is 10.4 Å². The van der Waals surface area contributed by atoms with E-state index in [4.69, 9.17) is 0 Å². The lowest BCUT2D eigenvalue weighted by Crippen LogP contribution is -2.15. The highest BCUT2D eigenvalue weighted by molar-refractivity contribution is 9.11. The Labute approximate surface area is 113 Å². The van der Waals surface area contributed by atoms with Gasteiger partial charge in [0.25, 0.3) is 0 Å². The lowest BCUT2D eigenvalue weighted by Gasteiger charge is -2.03. The molecule has 1 aromatic carbocycles. The molecule has 2 aromatic rings. The average molecular weight is 314 g/mol. The van der Waals surface area contributed by atoms with E-state index in [-0.39, 0.29) is 5.82 Å². The Morgan fingerprint density at radius 1 is 1.12 bits per heavy atom. The molecule has 1 N–H and O–H groups in total. The lowest BCUT2D eigenvalue weighted by atomic mass is 10.1. The summed E-state index contributed by atoms with van der Waals surface area (Å²) in [4.78, 5) is 1.32. The third-order valence-corrected chi connectivity index (χ3v) is 4.06. The molecule has 0 atom stereocenters. The van der Waals surface area contributed by atoms with Gasteiger partial charge >= 0.3 is 0 Å². The fourth-order valence-electron chi connectivity index (χ4n) is 1.54. The maximum atomic E-state index is 12.7. The number of nitrogens with one attached hydrogen (secondary N) is 1. The summed E-state index contributed by atoms with van der Waals surface area (Å²) < 4.78 is 13.8. The number of halogens is 2. The van der Waals surface area contributed by atoms with Gasteiger partial charge in [0.1, 0.15) is 5.82 Å². The first-order chi connectivity index (χ1) is 8.24. The van der Waals surface area contributed by atoms with Crippen LogP contribution in [0.25, 0.3) is 0 Å². The van der Waals surface area contributed by atoms with Crippen molar-refractivity contribution in [3.05, 3.63) is 56.4 Å². The van der Waals surface area contributed by atoms with Gasteiger partial charge in [0.05, 0.1) is 3.79 Å². The quantitative estimate of drug-likeness (QED) is 0.823. The van der Waals surface area contributed by atoms with E-state index >= 15 is 0 Å². The van der Waals surface area contributed by atoms with Crippen molar-refractivity contribution in [2.24, 2.45) is 0 Å². The van der Waals surface area contributed by atoms with Crippen LogP contribution in [0.3, 0.4) is 0 Å². The summed E-state index contributed by atoms with van der Waals surface area (Å²) in [7, 11) is 0. The maximum Gasteiger partial charge on any atom is 0.123 e. The zero-order valence-electron chi connectivity index (χ0n) is 9.25. The fourth-order valence-corrected chi connectivity index (χ4v) is 2.99. The first-order valence-corrected chi connectivity index (χ1v) is 7.04. The number of hydrogen-bond donors (Lipinski definition) is 1. The Morgan fingerprint density at radius 3 is 2.53 bits per heavy atom. The van der Waals surface area contributed by atoms with Crippen molar-refractivity contribution in [3.63, 3.8) is 0 Å². The molecule has 1 heterocycles. The molecule has 0 saturated carbocycles. The van der Waals surface area contributed by atoms with Crippen LogP contribution in [0.4, 0.5) is 4.39 Å². The third kappa shape index (κ3) is 4.22. The van der Waals surface area contributed by atoms with Crippen LogP contribution >= 0.6 is 27.3 Å². The van der Waals surface area contributed by atoms with Gasteiger partial charge in [0.15, 0.2) is 0 Å². The van der Waals surface area contributed by atoms with E-state index in [2.05, 4.69) is 33.4 Å². The molecule has 2 rings (SSSR count). The van der Waals surface area contributed by atoms with Crippen LogP contribution in [0, 0.1) is 5.82 Å². The minimum Gasteiger partial charge on any atom is -0.312 e. The molecule has 0 amide bonds. The predicted molar refractivity (Wildman–Crippen MR) is 73.8 cm³/mol. The molecular formula is C13H13BrFNS. The molecular weight excluding hydrogens is 301 g/mol. The molecule has 0 saturated heterocycles. The van der Waals surface area contributed by atoms with E-state index in [1.165, 1.54) is 17.0 Å². The normalized spacial score (nSPS) is 10.7. The molecule has 0 radical (unpaired) electrons. The molecule has 0 aliphatic carbocycles. The van der Waals surface area contributed by atoms with Gasteiger partial charge < -0.3 is 5.32 Å². The topological polar surface area (TPSA) is 12.0 Å². The molecule has 0 aliphatic rings. The van der Waals surface area contributed by atoms with Crippen molar-refractivity contribution in [1.29, 1.82) is 0 Å². The highest BCUT2D eigenvalue weighted by atomic mass is 79.9. The Hall–Kier alpha value is -0.710. The van der Waals surface area contributed by atoms with Gasteiger partial charge in [-0.25, -0.2) is 4.39 Å². The van der Waals surface area contributed by atoms with Crippen LogP contribution in [0.15, 0.2) is 40.2 Å². The lowest BCUT2D eigenvalue weighted by molar-refractivity contribution is 0.626. The van der Waals surface area contributed by atoms with Crippen molar-refractivity contribution in [2.45, 2.75) is 13.0 Å². The average Bonchev–Trinajstić information content (AvgIpc) is 2.73. The number of benzene rings is 1. The van der Waals surface area contributed by atoms with Gasteiger partial charge in [-0.05, 0) is 58.7 Å². The monoisotopic (exact) mass is 313 g/mol. The predicted octanol–water partition coefficient (Wildman–Crippen LogP) is 3.98. The second kappa shape index (κ2) is 6.28. The first kappa shape index (κ1) is 12.7. The van der Waals surface area contributed by atoms with E-state index in [0.717, 1.165) is 28.9 Å². The van der Waals surface area contributed by atoms with Crippen LogP contribution in [0.2, 0.25) is 0 Å². The number of thiophene rings is 1. The molecule has 90 valence electrons. The molecule has 0 bridgehead atoms. The van der Waals surface area contributed by atoms with Gasteiger partial charge in [-0.2, -0.15) is 0 Å². The molecule has 4 heteroatoms. The fraction of sp³-hybridized carbons (Fsp3) is 0.231. The summed E-state index contributed by atoms with van der Waals surface area (Å²) in [6.45, 7) is 1.79. The zero-order valence-corrected chi connectivity index (χ0v) is 11.7. The first-order valence-electron chi connectivity index (χ1n) is 5.43. The molecule has 0 fully saturated rings. The molecule has 0 spiro atoms. The summed E-state index contributed by atoms with van der Waals surface area (Å²) in [5.74, 6) is -0.176. The Kier molecular flexibility index (Phi) is 4.71. The Morgan fingerprint density at radius 2 is 1.88 bits per heavy atom. The van der Waals surface area contributed by atoms with Crippen molar-refractivity contribution < 1.29 is 4.39 Å².